The van der Waals surface area contributed by atoms with Crippen molar-refractivity contribution >= 4 is 5.91 Å². The number of aryl methyl sites for hydroxylation is 1. The van der Waals surface area contributed by atoms with Gasteiger partial charge in [0.15, 0.2) is 0 Å². The molecule has 0 unspecified atom stereocenters. The van der Waals surface area contributed by atoms with Gasteiger partial charge in [0, 0.05) is 18.4 Å². The van der Waals surface area contributed by atoms with E-state index in [0.29, 0.717) is 13.0 Å². The summed E-state index contributed by atoms with van der Waals surface area (Å²) in [6, 6.07) is 6.54. The number of aliphatic hydroxyl groups excluding tert-OH is 1. The van der Waals surface area contributed by atoms with E-state index < -0.39 is 0 Å². The molecule has 4 heteroatoms. The smallest absolute Gasteiger partial charge is 0.220 e. The van der Waals surface area contributed by atoms with E-state index >= 15 is 0 Å². The quantitative estimate of drug-likeness (QED) is 0.719. The van der Waals surface area contributed by atoms with Crippen LogP contribution in [0, 0.1) is 11.2 Å². The van der Waals surface area contributed by atoms with Gasteiger partial charge in [-0.2, -0.15) is 0 Å². The summed E-state index contributed by atoms with van der Waals surface area (Å²) in [5.41, 5.74) is 1.01. The van der Waals surface area contributed by atoms with Crippen LogP contribution in [-0.4, -0.2) is 24.2 Å². The summed E-state index contributed by atoms with van der Waals surface area (Å²) < 4.78 is 12.8. The molecule has 0 bridgehead atoms. The minimum absolute atomic E-state index is 0.0718. The summed E-state index contributed by atoms with van der Waals surface area (Å²) in [6.45, 7) is 0.762. The van der Waals surface area contributed by atoms with E-state index in [1.807, 2.05) is 0 Å². The number of nitrogens with one attached hydrogen (secondary N) is 1. The predicted octanol–water partition coefficient (Wildman–Crippen LogP) is 3.60. The number of carbonyl (C=O) groups excluding carboxylic acids is 1. The highest BCUT2D eigenvalue weighted by Crippen LogP contribution is 2.35. The molecule has 2 N–H and O–H groups in total. The second kappa shape index (κ2) is 9.02. The van der Waals surface area contributed by atoms with E-state index in [-0.39, 0.29) is 23.7 Å². The van der Waals surface area contributed by atoms with E-state index in [2.05, 4.69) is 5.32 Å². The highest BCUT2D eigenvalue weighted by atomic mass is 19.1. The highest BCUT2D eigenvalue weighted by Gasteiger charge is 2.31. The van der Waals surface area contributed by atoms with Gasteiger partial charge in [-0.3, -0.25) is 4.79 Å². The molecule has 128 valence electrons. The molecule has 0 aromatic heterocycles. The van der Waals surface area contributed by atoms with E-state index in [4.69, 9.17) is 0 Å². The molecule has 0 saturated heterocycles. The molecule has 3 nitrogen and oxygen atoms in total. The Morgan fingerprint density at radius 3 is 2.48 bits per heavy atom. The standard InChI is InChI=1S/C19H28FNO2/c20-17-10-8-16(9-11-17)6-2-3-7-18(23)21-14-19(15-22)12-4-1-5-13-19/h8-11,22H,1-7,12-15H2,(H,21,23). The van der Waals surface area contributed by atoms with Crippen molar-refractivity contribution < 1.29 is 14.3 Å². The number of hydrogen-bond donors (Lipinski definition) is 2. The lowest BCUT2D eigenvalue weighted by molar-refractivity contribution is -0.122. The lowest BCUT2D eigenvalue weighted by atomic mass is 9.74. The van der Waals surface area contributed by atoms with Crippen LogP contribution in [-0.2, 0) is 11.2 Å². The van der Waals surface area contributed by atoms with E-state index in [0.717, 1.165) is 50.5 Å². The third-order valence-electron chi connectivity index (χ3n) is 4.94. The van der Waals surface area contributed by atoms with Crippen molar-refractivity contribution in [1.29, 1.82) is 0 Å². The summed E-state index contributed by atoms with van der Waals surface area (Å²) in [4.78, 5) is 12.0. The first kappa shape index (κ1) is 17.9. The van der Waals surface area contributed by atoms with Gasteiger partial charge in [0.05, 0.1) is 6.61 Å². The molecular weight excluding hydrogens is 293 g/mol. The van der Waals surface area contributed by atoms with E-state index in [1.54, 1.807) is 12.1 Å². The molecule has 0 heterocycles. The first-order valence-electron chi connectivity index (χ1n) is 8.76. The minimum atomic E-state index is -0.214. The number of rotatable bonds is 8. The lowest BCUT2D eigenvalue weighted by Gasteiger charge is -2.35. The number of amides is 1. The van der Waals surface area contributed by atoms with Crippen LogP contribution in [0.15, 0.2) is 24.3 Å². The molecule has 1 amide bonds. The Labute approximate surface area is 138 Å². The average Bonchev–Trinajstić information content (AvgIpc) is 2.59. The van der Waals surface area contributed by atoms with Gasteiger partial charge in [0.2, 0.25) is 5.91 Å². The van der Waals surface area contributed by atoms with Crippen LogP contribution in [0.2, 0.25) is 0 Å². The predicted molar refractivity (Wildman–Crippen MR) is 89.6 cm³/mol. The summed E-state index contributed by atoms with van der Waals surface area (Å²) in [5, 5.41) is 12.6. The molecule has 0 atom stereocenters. The van der Waals surface area contributed by atoms with Gasteiger partial charge >= 0.3 is 0 Å². The minimum Gasteiger partial charge on any atom is -0.396 e. The summed E-state index contributed by atoms with van der Waals surface area (Å²) >= 11 is 0. The Kier molecular flexibility index (Phi) is 7.03. The monoisotopic (exact) mass is 321 g/mol. The Balaban J connectivity index is 1.62. The number of hydrogen-bond acceptors (Lipinski definition) is 2. The van der Waals surface area contributed by atoms with E-state index in [9.17, 15) is 14.3 Å². The topological polar surface area (TPSA) is 49.3 Å². The largest absolute Gasteiger partial charge is 0.396 e. The van der Waals surface area contributed by atoms with Gasteiger partial charge in [0.25, 0.3) is 0 Å². The molecule has 2 rings (SSSR count). The zero-order valence-corrected chi connectivity index (χ0v) is 13.8. The fourth-order valence-electron chi connectivity index (χ4n) is 3.33. The first-order chi connectivity index (χ1) is 11.1. The SMILES string of the molecule is O=C(CCCCc1ccc(F)cc1)NCC1(CO)CCCCC1. The summed E-state index contributed by atoms with van der Waals surface area (Å²) in [6.07, 6.45) is 8.68. The molecule has 0 radical (unpaired) electrons. The maximum absolute atomic E-state index is 12.8. The van der Waals surface area contributed by atoms with Crippen LogP contribution in [0.3, 0.4) is 0 Å². The number of carbonyl (C=O) groups is 1. The van der Waals surface area contributed by atoms with Gasteiger partial charge in [-0.05, 0) is 49.8 Å². The molecule has 1 aromatic carbocycles. The third-order valence-corrected chi connectivity index (χ3v) is 4.94. The molecule has 1 fully saturated rings. The fraction of sp³-hybridized carbons (Fsp3) is 0.632. The first-order valence-corrected chi connectivity index (χ1v) is 8.76. The number of unbranched alkanes of at least 4 members (excludes halogenated alkanes) is 1. The number of aliphatic hydroxyl groups is 1. The van der Waals surface area contributed by atoms with Crippen LogP contribution in [0.4, 0.5) is 4.39 Å². The van der Waals surface area contributed by atoms with Crippen molar-refractivity contribution in [3.8, 4) is 0 Å². The lowest BCUT2D eigenvalue weighted by Crippen LogP contribution is -2.41. The molecule has 1 saturated carbocycles. The van der Waals surface area contributed by atoms with Gasteiger partial charge in [-0.15, -0.1) is 0 Å². The molecular formula is C19H28FNO2. The maximum Gasteiger partial charge on any atom is 0.220 e. The second-order valence-corrected chi connectivity index (χ2v) is 6.83. The van der Waals surface area contributed by atoms with Gasteiger partial charge in [0.1, 0.15) is 5.82 Å². The van der Waals surface area contributed by atoms with Crippen LogP contribution >= 0.6 is 0 Å². The Bertz CT molecular complexity index is 481. The number of benzene rings is 1. The summed E-state index contributed by atoms with van der Waals surface area (Å²) in [5.74, 6) is -0.142. The van der Waals surface area contributed by atoms with E-state index in [1.165, 1.54) is 18.6 Å². The highest BCUT2D eigenvalue weighted by molar-refractivity contribution is 5.75. The average molecular weight is 321 g/mol. The second-order valence-electron chi connectivity index (χ2n) is 6.83. The van der Waals surface area contributed by atoms with Crippen molar-refractivity contribution in [2.75, 3.05) is 13.2 Å². The van der Waals surface area contributed by atoms with Crippen LogP contribution in [0.1, 0.15) is 56.9 Å². The Hall–Kier alpha value is -1.42. The Morgan fingerprint density at radius 1 is 1.13 bits per heavy atom. The third kappa shape index (κ3) is 5.94. The van der Waals surface area contributed by atoms with Gasteiger partial charge in [-0.1, -0.05) is 31.4 Å². The van der Waals surface area contributed by atoms with Crippen molar-refractivity contribution in [1.82, 2.24) is 5.32 Å². The van der Waals surface area contributed by atoms with Crippen LogP contribution in [0.5, 0.6) is 0 Å². The molecule has 1 aliphatic carbocycles. The summed E-state index contributed by atoms with van der Waals surface area (Å²) in [7, 11) is 0. The van der Waals surface area contributed by atoms with Crippen LogP contribution in [0.25, 0.3) is 0 Å². The number of halogens is 1. The molecule has 0 spiro atoms. The molecule has 23 heavy (non-hydrogen) atoms. The van der Waals surface area contributed by atoms with Crippen molar-refractivity contribution in [2.45, 2.75) is 57.8 Å². The molecule has 1 aromatic rings. The van der Waals surface area contributed by atoms with Crippen LogP contribution < -0.4 is 5.32 Å². The van der Waals surface area contributed by atoms with Crippen molar-refractivity contribution in [3.05, 3.63) is 35.6 Å². The zero-order chi connectivity index (χ0) is 16.5. The van der Waals surface area contributed by atoms with Crippen molar-refractivity contribution in [2.24, 2.45) is 5.41 Å². The van der Waals surface area contributed by atoms with Gasteiger partial charge in [-0.25, -0.2) is 4.39 Å². The van der Waals surface area contributed by atoms with Crippen molar-refractivity contribution in [3.63, 3.8) is 0 Å². The fourth-order valence-corrected chi connectivity index (χ4v) is 3.33. The molecule has 1 aliphatic rings. The maximum atomic E-state index is 12.8. The zero-order valence-electron chi connectivity index (χ0n) is 13.8. The molecule has 0 aliphatic heterocycles. The normalized spacial score (nSPS) is 17.0. The Morgan fingerprint density at radius 2 is 1.83 bits per heavy atom. The van der Waals surface area contributed by atoms with Gasteiger partial charge < -0.3 is 10.4 Å².